The number of hydrogen-bond donors (Lipinski definition) is 1. The molecule has 0 saturated heterocycles. The van der Waals surface area contributed by atoms with E-state index < -0.39 is 5.91 Å². The van der Waals surface area contributed by atoms with Crippen LogP contribution in [-0.4, -0.2) is 49.1 Å². The maximum Gasteiger partial charge on any atom is 0.269 e. The van der Waals surface area contributed by atoms with Crippen molar-refractivity contribution >= 4 is 11.8 Å². The molecule has 3 aromatic rings. The van der Waals surface area contributed by atoms with Gasteiger partial charge in [-0.05, 0) is 19.9 Å². The third-order valence-corrected chi connectivity index (χ3v) is 5.54. The van der Waals surface area contributed by atoms with Gasteiger partial charge in [0.05, 0.1) is 11.4 Å². The topological polar surface area (TPSA) is 99.0 Å². The van der Waals surface area contributed by atoms with Crippen molar-refractivity contribution in [2.75, 3.05) is 13.1 Å². The second-order valence-corrected chi connectivity index (χ2v) is 7.64. The number of rotatable bonds is 5. The van der Waals surface area contributed by atoms with E-state index in [1.165, 1.54) is 0 Å². The number of carbonyl (C=O) groups excluding carboxylic acids is 2. The molecular formula is C22H26N6O2. The predicted molar refractivity (Wildman–Crippen MR) is 113 cm³/mol. The molecule has 3 heterocycles. The third kappa shape index (κ3) is 3.85. The number of primary amides is 1. The monoisotopic (exact) mass is 406 g/mol. The Hall–Kier alpha value is -3.42. The van der Waals surface area contributed by atoms with E-state index in [9.17, 15) is 9.59 Å². The SMILES string of the molecule is Cc1cc(C)n(CCC(=O)N2CCc3c(C(N)=O)nc(-c4ccccc4)n3CC2)n1. The minimum Gasteiger partial charge on any atom is -0.364 e. The van der Waals surface area contributed by atoms with Gasteiger partial charge in [-0.25, -0.2) is 4.98 Å². The Morgan fingerprint density at radius 2 is 1.87 bits per heavy atom. The Kier molecular flexibility index (Phi) is 5.39. The van der Waals surface area contributed by atoms with Crippen LogP contribution in [0.3, 0.4) is 0 Å². The molecule has 1 aliphatic heterocycles. The van der Waals surface area contributed by atoms with Gasteiger partial charge in [-0.3, -0.25) is 14.3 Å². The van der Waals surface area contributed by atoms with Crippen LogP contribution in [0.5, 0.6) is 0 Å². The van der Waals surface area contributed by atoms with Gasteiger partial charge in [0.25, 0.3) is 5.91 Å². The Balaban J connectivity index is 1.52. The van der Waals surface area contributed by atoms with Gasteiger partial charge >= 0.3 is 0 Å². The number of amides is 2. The van der Waals surface area contributed by atoms with E-state index in [-0.39, 0.29) is 5.91 Å². The second-order valence-electron chi connectivity index (χ2n) is 7.64. The first-order valence-electron chi connectivity index (χ1n) is 10.2. The van der Waals surface area contributed by atoms with Gasteiger partial charge in [0.2, 0.25) is 5.91 Å². The van der Waals surface area contributed by atoms with E-state index in [0.717, 1.165) is 28.5 Å². The summed E-state index contributed by atoms with van der Waals surface area (Å²) < 4.78 is 3.90. The molecule has 0 unspecified atom stereocenters. The van der Waals surface area contributed by atoms with Crippen LogP contribution in [0.2, 0.25) is 0 Å². The van der Waals surface area contributed by atoms with E-state index in [4.69, 9.17) is 5.73 Å². The van der Waals surface area contributed by atoms with E-state index in [0.29, 0.717) is 44.7 Å². The lowest BCUT2D eigenvalue weighted by molar-refractivity contribution is -0.131. The van der Waals surface area contributed by atoms with Crippen molar-refractivity contribution in [3.05, 3.63) is 59.2 Å². The number of nitrogens with zero attached hydrogens (tertiary/aromatic N) is 5. The lowest BCUT2D eigenvalue weighted by atomic mass is 10.2. The summed E-state index contributed by atoms with van der Waals surface area (Å²) >= 11 is 0. The quantitative estimate of drug-likeness (QED) is 0.700. The average molecular weight is 406 g/mol. The van der Waals surface area contributed by atoms with Gasteiger partial charge in [0.1, 0.15) is 11.5 Å². The van der Waals surface area contributed by atoms with Crippen molar-refractivity contribution in [3.8, 4) is 11.4 Å². The van der Waals surface area contributed by atoms with Crippen molar-refractivity contribution in [1.29, 1.82) is 0 Å². The number of nitrogens with two attached hydrogens (primary N) is 1. The fraction of sp³-hybridized carbons (Fsp3) is 0.364. The van der Waals surface area contributed by atoms with Crippen LogP contribution >= 0.6 is 0 Å². The average Bonchev–Trinajstić information content (AvgIpc) is 3.17. The van der Waals surface area contributed by atoms with Gasteiger partial charge < -0.3 is 15.2 Å². The molecule has 2 aromatic heterocycles. The van der Waals surface area contributed by atoms with Gasteiger partial charge in [0.15, 0.2) is 0 Å². The highest BCUT2D eigenvalue weighted by atomic mass is 16.2. The summed E-state index contributed by atoms with van der Waals surface area (Å²) in [5, 5.41) is 4.43. The van der Waals surface area contributed by atoms with Crippen molar-refractivity contribution in [2.24, 2.45) is 5.73 Å². The summed E-state index contributed by atoms with van der Waals surface area (Å²) in [5.41, 5.74) is 9.63. The first-order chi connectivity index (χ1) is 14.4. The molecule has 0 spiro atoms. The molecule has 1 aliphatic rings. The largest absolute Gasteiger partial charge is 0.364 e. The molecule has 0 bridgehead atoms. The molecule has 156 valence electrons. The number of imidazole rings is 1. The Bertz CT molecular complexity index is 1080. The number of carbonyl (C=O) groups is 2. The fourth-order valence-electron chi connectivity index (χ4n) is 4.07. The van der Waals surface area contributed by atoms with Crippen LogP contribution in [0.25, 0.3) is 11.4 Å². The summed E-state index contributed by atoms with van der Waals surface area (Å²) in [6.45, 7) is 6.18. The van der Waals surface area contributed by atoms with Crippen LogP contribution in [0.1, 0.15) is 34.0 Å². The fourth-order valence-corrected chi connectivity index (χ4v) is 4.07. The Morgan fingerprint density at radius 3 is 2.53 bits per heavy atom. The smallest absolute Gasteiger partial charge is 0.269 e. The molecule has 0 radical (unpaired) electrons. The summed E-state index contributed by atoms with van der Waals surface area (Å²) in [7, 11) is 0. The second kappa shape index (κ2) is 8.14. The zero-order valence-corrected chi connectivity index (χ0v) is 17.3. The highest BCUT2D eigenvalue weighted by Gasteiger charge is 2.26. The lowest BCUT2D eigenvalue weighted by Gasteiger charge is -2.20. The molecule has 8 heteroatoms. The molecule has 2 amide bonds. The number of aromatic nitrogens is 4. The van der Waals surface area contributed by atoms with Crippen molar-refractivity contribution in [3.63, 3.8) is 0 Å². The van der Waals surface area contributed by atoms with Crippen molar-refractivity contribution in [2.45, 2.75) is 39.8 Å². The molecule has 0 saturated carbocycles. The first kappa shape index (κ1) is 19.9. The molecule has 0 aliphatic carbocycles. The van der Waals surface area contributed by atoms with Gasteiger partial charge in [-0.1, -0.05) is 30.3 Å². The third-order valence-electron chi connectivity index (χ3n) is 5.54. The molecule has 8 nitrogen and oxygen atoms in total. The standard InChI is InChI=1S/C22H26N6O2/c1-15-14-16(2)28(25-15)11-9-19(29)26-10-8-18-20(21(23)30)24-22(27(18)13-12-26)17-6-4-3-5-7-17/h3-7,14H,8-13H2,1-2H3,(H2,23,30). The lowest BCUT2D eigenvalue weighted by Crippen LogP contribution is -2.34. The minimum absolute atomic E-state index is 0.0863. The zero-order chi connectivity index (χ0) is 21.3. The van der Waals surface area contributed by atoms with Gasteiger partial charge in [0, 0.05) is 50.3 Å². The Labute approximate surface area is 175 Å². The molecule has 30 heavy (non-hydrogen) atoms. The van der Waals surface area contributed by atoms with Gasteiger partial charge in [-0.15, -0.1) is 0 Å². The van der Waals surface area contributed by atoms with Crippen LogP contribution < -0.4 is 5.73 Å². The first-order valence-corrected chi connectivity index (χ1v) is 10.2. The van der Waals surface area contributed by atoms with Crippen molar-refractivity contribution in [1.82, 2.24) is 24.2 Å². The Morgan fingerprint density at radius 1 is 1.10 bits per heavy atom. The molecule has 4 rings (SSSR count). The highest BCUT2D eigenvalue weighted by molar-refractivity contribution is 5.93. The number of benzene rings is 1. The van der Waals surface area contributed by atoms with E-state index >= 15 is 0 Å². The number of hydrogen-bond acceptors (Lipinski definition) is 4. The highest BCUT2D eigenvalue weighted by Crippen LogP contribution is 2.25. The molecular weight excluding hydrogens is 380 g/mol. The zero-order valence-electron chi connectivity index (χ0n) is 17.3. The summed E-state index contributed by atoms with van der Waals surface area (Å²) in [4.78, 5) is 31.2. The van der Waals surface area contributed by atoms with Crippen molar-refractivity contribution < 1.29 is 9.59 Å². The number of fused-ring (bicyclic) bond motifs is 1. The molecule has 2 N–H and O–H groups in total. The maximum atomic E-state index is 12.9. The summed E-state index contributed by atoms with van der Waals surface area (Å²) in [6.07, 6.45) is 0.938. The van der Waals surface area contributed by atoms with E-state index in [1.54, 1.807) is 0 Å². The summed E-state index contributed by atoms with van der Waals surface area (Å²) in [5.74, 6) is 0.268. The molecule has 0 atom stereocenters. The number of aryl methyl sites for hydroxylation is 3. The maximum absolute atomic E-state index is 12.9. The van der Waals surface area contributed by atoms with Crippen LogP contribution in [-0.2, 0) is 24.3 Å². The van der Waals surface area contributed by atoms with E-state index in [2.05, 4.69) is 10.1 Å². The normalized spacial score (nSPS) is 13.7. The van der Waals surface area contributed by atoms with Gasteiger partial charge in [-0.2, -0.15) is 5.10 Å². The van der Waals surface area contributed by atoms with Crippen LogP contribution in [0, 0.1) is 13.8 Å². The summed E-state index contributed by atoms with van der Waals surface area (Å²) in [6, 6.07) is 11.7. The van der Waals surface area contributed by atoms with E-state index in [1.807, 2.05) is 64.4 Å². The predicted octanol–water partition coefficient (Wildman–Crippen LogP) is 1.94. The van der Waals surface area contributed by atoms with Crippen LogP contribution in [0.15, 0.2) is 36.4 Å². The molecule has 1 aromatic carbocycles. The van der Waals surface area contributed by atoms with Crippen LogP contribution in [0.4, 0.5) is 0 Å². The minimum atomic E-state index is -0.537. The molecule has 0 fully saturated rings.